The van der Waals surface area contributed by atoms with Crippen molar-refractivity contribution in [1.82, 2.24) is 9.97 Å². The molecule has 0 aromatic carbocycles. The highest BCUT2D eigenvalue weighted by molar-refractivity contribution is 7.98. The number of nitrogens with one attached hydrogen (secondary N) is 1. The summed E-state index contributed by atoms with van der Waals surface area (Å²) in [7, 11) is 3.40. The van der Waals surface area contributed by atoms with Gasteiger partial charge >= 0.3 is 0 Å². The minimum atomic E-state index is 0.652. The monoisotopic (exact) mass is 300 g/mol. The van der Waals surface area contributed by atoms with E-state index in [1.165, 1.54) is 11.8 Å². The van der Waals surface area contributed by atoms with Gasteiger partial charge in [-0.25, -0.2) is 9.97 Å². The summed E-state index contributed by atoms with van der Waals surface area (Å²) >= 11 is 1.54. The first-order valence-corrected chi connectivity index (χ1v) is 7.87. The van der Waals surface area contributed by atoms with Crippen LogP contribution in [0.2, 0.25) is 0 Å². The maximum Gasteiger partial charge on any atom is 0.191 e. The predicted molar refractivity (Wildman–Crippen MR) is 83.9 cm³/mol. The number of thioether (sulfide) groups is 1. The van der Waals surface area contributed by atoms with Gasteiger partial charge in [0.1, 0.15) is 11.6 Å². The molecule has 1 aromatic rings. The molecule has 0 spiro atoms. The van der Waals surface area contributed by atoms with Crippen LogP contribution in [0.1, 0.15) is 6.92 Å². The lowest BCUT2D eigenvalue weighted by Gasteiger charge is -2.23. The highest BCUT2D eigenvalue weighted by atomic mass is 32.2. The zero-order valence-electron chi connectivity index (χ0n) is 12.7. The summed E-state index contributed by atoms with van der Waals surface area (Å²) in [5, 5.41) is 4.00. The van der Waals surface area contributed by atoms with Crippen LogP contribution in [0.5, 0.6) is 0 Å². The average Bonchev–Trinajstić information content (AvgIpc) is 2.47. The second-order valence-corrected chi connectivity index (χ2v) is 4.87. The number of ether oxygens (including phenoxy) is 2. The second-order valence-electron chi connectivity index (χ2n) is 4.10. The lowest BCUT2D eigenvalue weighted by Crippen LogP contribution is -2.31. The lowest BCUT2D eigenvalue weighted by molar-refractivity contribution is 0.190. The van der Waals surface area contributed by atoms with Gasteiger partial charge in [0.25, 0.3) is 0 Å². The first kappa shape index (κ1) is 17.0. The number of nitrogens with zero attached hydrogens (tertiary/aromatic N) is 3. The van der Waals surface area contributed by atoms with E-state index in [0.717, 1.165) is 36.4 Å². The van der Waals surface area contributed by atoms with Crippen molar-refractivity contribution in [2.75, 3.05) is 63.5 Å². The van der Waals surface area contributed by atoms with E-state index in [1.54, 1.807) is 14.2 Å². The quantitative estimate of drug-likeness (QED) is 0.521. The molecular weight excluding hydrogens is 276 g/mol. The predicted octanol–water partition coefficient (Wildman–Crippen LogP) is 1.73. The molecule has 114 valence electrons. The molecule has 0 saturated heterocycles. The van der Waals surface area contributed by atoms with Gasteiger partial charge in [-0.05, 0) is 13.2 Å². The molecule has 0 aliphatic carbocycles. The molecule has 0 saturated carbocycles. The fourth-order valence-electron chi connectivity index (χ4n) is 1.68. The van der Waals surface area contributed by atoms with Crippen molar-refractivity contribution < 1.29 is 9.47 Å². The Kier molecular flexibility index (Phi) is 8.32. The number of aromatic nitrogens is 2. The number of hydrogen-bond donors (Lipinski definition) is 1. The summed E-state index contributed by atoms with van der Waals surface area (Å²) in [4.78, 5) is 11.2. The van der Waals surface area contributed by atoms with Crippen LogP contribution >= 0.6 is 11.8 Å². The summed E-state index contributed by atoms with van der Waals surface area (Å²) in [5.41, 5.74) is 0. The molecule has 1 N–H and O–H groups in total. The van der Waals surface area contributed by atoms with Crippen molar-refractivity contribution in [2.24, 2.45) is 0 Å². The Balaban J connectivity index is 2.93. The van der Waals surface area contributed by atoms with Crippen LogP contribution in [-0.2, 0) is 9.47 Å². The first-order chi connectivity index (χ1) is 9.74. The first-order valence-electron chi connectivity index (χ1n) is 6.64. The molecule has 0 amide bonds. The van der Waals surface area contributed by atoms with Gasteiger partial charge in [-0.2, -0.15) is 0 Å². The minimum Gasteiger partial charge on any atom is -0.383 e. The van der Waals surface area contributed by atoms with Crippen LogP contribution in [0.3, 0.4) is 0 Å². The van der Waals surface area contributed by atoms with E-state index in [-0.39, 0.29) is 0 Å². The molecule has 7 heteroatoms. The van der Waals surface area contributed by atoms with E-state index in [1.807, 2.05) is 19.2 Å². The SMILES string of the molecule is CCNc1cc(N(CCOC)CCOC)nc(SC)n1. The number of anilines is 2. The van der Waals surface area contributed by atoms with E-state index < -0.39 is 0 Å². The maximum atomic E-state index is 5.16. The smallest absolute Gasteiger partial charge is 0.191 e. The van der Waals surface area contributed by atoms with Gasteiger partial charge in [0.05, 0.1) is 13.2 Å². The molecule has 0 fully saturated rings. The molecule has 1 heterocycles. The zero-order chi connectivity index (χ0) is 14.8. The fraction of sp³-hybridized carbons (Fsp3) is 0.692. The highest BCUT2D eigenvalue weighted by Crippen LogP contribution is 2.20. The van der Waals surface area contributed by atoms with Crippen LogP contribution in [0.15, 0.2) is 11.2 Å². The van der Waals surface area contributed by atoms with E-state index in [2.05, 4.69) is 20.2 Å². The van der Waals surface area contributed by atoms with Crippen molar-refractivity contribution in [3.63, 3.8) is 0 Å². The molecule has 1 rings (SSSR count). The highest BCUT2D eigenvalue weighted by Gasteiger charge is 2.11. The lowest BCUT2D eigenvalue weighted by atomic mass is 10.4. The zero-order valence-corrected chi connectivity index (χ0v) is 13.5. The van der Waals surface area contributed by atoms with Gasteiger partial charge in [-0.15, -0.1) is 0 Å². The van der Waals surface area contributed by atoms with E-state index in [0.29, 0.717) is 13.2 Å². The van der Waals surface area contributed by atoms with Gasteiger partial charge in [-0.3, -0.25) is 0 Å². The van der Waals surface area contributed by atoms with Gasteiger partial charge in [0.15, 0.2) is 5.16 Å². The molecule has 0 aliphatic rings. The molecule has 20 heavy (non-hydrogen) atoms. The molecule has 1 aromatic heterocycles. The Morgan fingerprint density at radius 2 is 1.85 bits per heavy atom. The minimum absolute atomic E-state index is 0.652. The fourth-order valence-corrected chi connectivity index (χ4v) is 2.06. The maximum absolute atomic E-state index is 5.16. The van der Waals surface area contributed by atoms with E-state index >= 15 is 0 Å². The Bertz CT molecular complexity index is 385. The summed E-state index contributed by atoms with van der Waals surface area (Å²) in [6.45, 7) is 5.73. The van der Waals surface area contributed by atoms with E-state index in [9.17, 15) is 0 Å². The largest absolute Gasteiger partial charge is 0.383 e. The van der Waals surface area contributed by atoms with Crippen LogP contribution in [0.25, 0.3) is 0 Å². The Hall–Kier alpha value is -1.05. The molecule has 0 radical (unpaired) electrons. The summed E-state index contributed by atoms with van der Waals surface area (Å²) in [6.07, 6.45) is 1.98. The van der Waals surface area contributed by atoms with E-state index in [4.69, 9.17) is 9.47 Å². The number of rotatable bonds is 10. The molecule has 0 unspecified atom stereocenters. The third-order valence-corrected chi connectivity index (χ3v) is 3.23. The Morgan fingerprint density at radius 1 is 1.20 bits per heavy atom. The Labute approximate surface area is 125 Å². The van der Waals surface area contributed by atoms with Gasteiger partial charge in [-0.1, -0.05) is 11.8 Å². The molecule has 0 atom stereocenters. The Morgan fingerprint density at radius 3 is 2.35 bits per heavy atom. The van der Waals surface area contributed by atoms with Gasteiger partial charge in [0.2, 0.25) is 0 Å². The molecular formula is C13H24N4O2S. The molecule has 0 aliphatic heterocycles. The third kappa shape index (κ3) is 5.52. The number of hydrogen-bond acceptors (Lipinski definition) is 7. The van der Waals surface area contributed by atoms with Crippen molar-refractivity contribution >= 4 is 23.4 Å². The van der Waals surface area contributed by atoms with Crippen LogP contribution < -0.4 is 10.2 Å². The van der Waals surface area contributed by atoms with Crippen LogP contribution in [0, 0.1) is 0 Å². The van der Waals surface area contributed by atoms with Crippen molar-refractivity contribution in [3.8, 4) is 0 Å². The topological polar surface area (TPSA) is 59.5 Å². The average molecular weight is 300 g/mol. The van der Waals surface area contributed by atoms with Crippen molar-refractivity contribution in [3.05, 3.63) is 6.07 Å². The van der Waals surface area contributed by atoms with Crippen molar-refractivity contribution in [2.45, 2.75) is 12.1 Å². The summed E-state index contributed by atoms with van der Waals surface area (Å²) in [6, 6.07) is 1.97. The second kappa shape index (κ2) is 9.79. The van der Waals surface area contributed by atoms with Crippen LogP contribution in [0.4, 0.5) is 11.6 Å². The summed E-state index contributed by atoms with van der Waals surface area (Å²) < 4.78 is 10.3. The van der Waals surface area contributed by atoms with Gasteiger partial charge in [0, 0.05) is 39.9 Å². The standard InChI is InChI=1S/C13H24N4O2S/c1-5-14-11-10-12(16-13(15-11)20-4)17(6-8-18-2)7-9-19-3/h10H,5-9H2,1-4H3,(H,14,15,16). The van der Waals surface area contributed by atoms with Crippen molar-refractivity contribution in [1.29, 1.82) is 0 Å². The van der Waals surface area contributed by atoms with Crippen LogP contribution in [-0.4, -0.2) is 63.3 Å². The third-order valence-electron chi connectivity index (χ3n) is 2.69. The molecule has 6 nitrogen and oxygen atoms in total. The number of methoxy groups -OCH3 is 2. The van der Waals surface area contributed by atoms with Gasteiger partial charge < -0.3 is 19.7 Å². The molecule has 0 bridgehead atoms. The summed E-state index contributed by atoms with van der Waals surface area (Å²) in [5.74, 6) is 1.75. The normalized spacial score (nSPS) is 10.6.